The minimum absolute atomic E-state index is 0.892. The molecular weight excluding hydrogens is 206 g/mol. The fourth-order valence-corrected chi connectivity index (χ4v) is 3.10. The van der Waals surface area contributed by atoms with Crippen LogP contribution in [0.15, 0.2) is 12.1 Å². The van der Waals surface area contributed by atoms with Crippen LogP contribution in [0, 0.1) is 26.7 Å². The van der Waals surface area contributed by atoms with E-state index in [9.17, 15) is 0 Å². The predicted octanol–water partition coefficient (Wildman–Crippen LogP) is 4.60. The first-order valence-electron chi connectivity index (χ1n) is 6.98. The first kappa shape index (κ1) is 12.5. The summed E-state index contributed by atoms with van der Waals surface area (Å²) < 4.78 is 0. The van der Waals surface area contributed by atoms with Crippen molar-refractivity contribution in [1.29, 1.82) is 0 Å². The Labute approximate surface area is 106 Å². The highest BCUT2D eigenvalue weighted by Crippen LogP contribution is 2.26. The first-order valence-corrected chi connectivity index (χ1v) is 6.98. The highest BCUT2D eigenvalue weighted by Gasteiger charge is 2.13. The van der Waals surface area contributed by atoms with Crippen LogP contribution in [-0.2, 0) is 0 Å². The number of benzene rings is 1. The molecule has 0 radical (unpaired) electrons. The van der Waals surface area contributed by atoms with E-state index in [4.69, 9.17) is 0 Å². The zero-order valence-corrected chi connectivity index (χ0v) is 11.5. The van der Waals surface area contributed by atoms with Gasteiger partial charge in [0.05, 0.1) is 0 Å². The maximum Gasteiger partial charge on any atom is 0.0399 e. The van der Waals surface area contributed by atoms with E-state index in [0.29, 0.717) is 0 Å². The van der Waals surface area contributed by atoms with Crippen LogP contribution in [0.4, 0.5) is 5.69 Å². The summed E-state index contributed by atoms with van der Waals surface area (Å²) in [6.07, 6.45) is 7.13. The van der Waals surface area contributed by atoms with Crippen molar-refractivity contribution < 1.29 is 0 Å². The Kier molecular flexibility index (Phi) is 4.09. The van der Waals surface area contributed by atoms with Crippen LogP contribution in [0.1, 0.15) is 48.8 Å². The van der Waals surface area contributed by atoms with E-state index in [1.165, 1.54) is 54.5 Å². The van der Waals surface area contributed by atoms with Crippen molar-refractivity contribution in [2.75, 3.05) is 11.9 Å². The highest BCUT2D eigenvalue weighted by atomic mass is 14.9. The SMILES string of the molecule is Cc1cc(C)c(NCC2CCCCC2)c(C)c1. The fraction of sp³-hybridized carbons (Fsp3) is 0.625. The first-order chi connectivity index (χ1) is 8.16. The third-order valence-corrected chi connectivity index (χ3v) is 3.97. The Bertz CT molecular complexity index is 352. The molecule has 1 aromatic carbocycles. The van der Waals surface area contributed by atoms with Crippen LogP contribution in [-0.4, -0.2) is 6.54 Å². The van der Waals surface area contributed by atoms with Crippen LogP contribution in [0.2, 0.25) is 0 Å². The summed E-state index contributed by atoms with van der Waals surface area (Å²) in [7, 11) is 0. The predicted molar refractivity (Wildman–Crippen MR) is 75.7 cm³/mol. The molecule has 1 heteroatoms. The molecule has 1 saturated carbocycles. The van der Waals surface area contributed by atoms with Crippen molar-refractivity contribution in [1.82, 2.24) is 0 Å². The Morgan fingerprint density at radius 1 is 1.00 bits per heavy atom. The lowest BCUT2D eigenvalue weighted by atomic mass is 9.89. The normalized spacial score (nSPS) is 17.1. The third-order valence-electron chi connectivity index (χ3n) is 3.97. The molecule has 0 aromatic heterocycles. The van der Waals surface area contributed by atoms with Crippen molar-refractivity contribution in [3.63, 3.8) is 0 Å². The molecule has 0 aliphatic heterocycles. The molecule has 1 N–H and O–H groups in total. The van der Waals surface area contributed by atoms with Crippen LogP contribution >= 0.6 is 0 Å². The molecule has 0 atom stereocenters. The number of aryl methyl sites for hydroxylation is 3. The Morgan fingerprint density at radius 3 is 2.18 bits per heavy atom. The third kappa shape index (κ3) is 3.24. The molecule has 1 aliphatic carbocycles. The number of hydrogen-bond acceptors (Lipinski definition) is 1. The summed E-state index contributed by atoms with van der Waals surface area (Å²) in [5.74, 6) is 0.892. The van der Waals surface area contributed by atoms with E-state index in [0.717, 1.165) is 12.5 Å². The van der Waals surface area contributed by atoms with Gasteiger partial charge in [0.15, 0.2) is 0 Å². The Hall–Kier alpha value is -0.980. The second-order valence-electron chi connectivity index (χ2n) is 5.66. The summed E-state index contributed by atoms with van der Waals surface area (Å²) in [5, 5.41) is 3.68. The van der Waals surface area contributed by atoms with Gasteiger partial charge in [0.2, 0.25) is 0 Å². The van der Waals surface area contributed by atoms with Gasteiger partial charge in [-0.25, -0.2) is 0 Å². The maximum atomic E-state index is 3.68. The zero-order valence-electron chi connectivity index (χ0n) is 11.5. The van der Waals surface area contributed by atoms with Gasteiger partial charge in [0, 0.05) is 12.2 Å². The van der Waals surface area contributed by atoms with Gasteiger partial charge in [-0.1, -0.05) is 37.0 Å². The van der Waals surface area contributed by atoms with Crippen LogP contribution < -0.4 is 5.32 Å². The van der Waals surface area contributed by atoms with E-state index < -0.39 is 0 Å². The Morgan fingerprint density at radius 2 is 1.59 bits per heavy atom. The van der Waals surface area contributed by atoms with Crippen LogP contribution in [0.5, 0.6) is 0 Å². The van der Waals surface area contributed by atoms with E-state index in [1.54, 1.807) is 0 Å². The van der Waals surface area contributed by atoms with Gasteiger partial charge in [-0.2, -0.15) is 0 Å². The summed E-state index contributed by atoms with van der Waals surface area (Å²) >= 11 is 0. The summed E-state index contributed by atoms with van der Waals surface area (Å²) in [5.41, 5.74) is 5.50. The van der Waals surface area contributed by atoms with Gasteiger partial charge in [0.25, 0.3) is 0 Å². The Balaban J connectivity index is 1.98. The molecule has 1 aromatic rings. The molecule has 0 saturated heterocycles. The maximum absolute atomic E-state index is 3.68. The molecular formula is C16H25N. The fourth-order valence-electron chi connectivity index (χ4n) is 3.10. The molecule has 1 aliphatic rings. The molecule has 2 rings (SSSR count). The topological polar surface area (TPSA) is 12.0 Å². The number of rotatable bonds is 3. The lowest BCUT2D eigenvalue weighted by molar-refractivity contribution is 0.373. The summed E-state index contributed by atoms with van der Waals surface area (Å²) in [6.45, 7) is 7.75. The second kappa shape index (κ2) is 5.57. The quantitative estimate of drug-likeness (QED) is 0.801. The molecule has 17 heavy (non-hydrogen) atoms. The number of anilines is 1. The smallest absolute Gasteiger partial charge is 0.0399 e. The van der Waals surface area contributed by atoms with Gasteiger partial charge >= 0.3 is 0 Å². The minimum atomic E-state index is 0.892. The van der Waals surface area contributed by atoms with E-state index >= 15 is 0 Å². The average molecular weight is 231 g/mol. The van der Waals surface area contributed by atoms with Crippen molar-refractivity contribution in [3.05, 3.63) is 28.8 Å². The van der Waals surface area contributed by atoms with Gasteiger partial charge in [-0.3, -0.25) is 0 Å². The van der Waals surface area contributed by atoms with Crippen LogP contribution in [0.3, 0.4) is 0 Å². The average Bonchev–Trinajstić information content (AvgIpc) is 2.29. The largest absolute Gasteiger partial charge is 0.384 e. The van der Waals surface area contributed by atoms with Crippen molar-refractivity contribution in [2.45, 2.75) is 52.9 Å². The van der Waals surface area contributed by atoms with Gasteiger partial charge in [0.1, 0.15) is 0 Å². The lowest BCUT2D eigenvalue weighted by Crippen LogP contribution is -2.18. The molecule has 0 bridgehead atoms. The minimum Gasteiger partial charge on any atom is -0.384 e. The number of nitrogens with one attached hydrogen (secondary N) is 1. The molecule has 0 heterocycles. The van der Waals surface area contributed by atoms with E-state index in [1.807, 2.05) is 0 Å². The molecule has 0 amide bonds. The standard InChI is InChI=1S/C16H25N/c1-12-9-13(2)16(14(3)10-12)17-11-15-7-5-4-6-8-15/h9-10,15,17H,4-8,11H2,1-3H3. The lowest BCUT2D eigenvalue weighted by Gasteiger charge is -2.23. The molecule has 94 valence electrons. The molecule has 0 spiro atoms. The summed E-state index contributed by atoms with van der Waals surface area (Å²) in [4.78, 5) is 0. The highest BCUT2D eigenvalue weighted by molar-refractivity contribution is 5.58. The van der Waals surface area contributed by atoms with Crippen molar-refractivity contribution >= 4 is 5.69 Å². The molecule has 1 nitrogen and oxygen atoms in total. The van der Waals surface area contributed by atoms with Crippen LogP contribution in [0.25, 0.3) is 0 Å². The monoisotopic (exact) mass is 231 g/mol. The molecule has 1 fully saturated rings. The van der Waals surface area contributed by atoms with Gasteiger partial charge in [-0.05, 0) is 50.7 Å². The second-order valence-corrected chi connectivity index (χ2v) is 5.66. The van der Waals surface area contributed by atoms with E-state index in [2.05, 4.69) is 38.2 Å². The van der Waals surface area contributed by atoms with Crippen molar-refractivity contribution in [3.8, 4) is 0 Å². The zero-order chi connectivity index (χ0) is 12.3. The van der Waals surface area contributed by atoms with E-state index in [-0.39, 0.29) is 0 Å². The molecule has 0 unspecified atom stereocenters. The van der Waals surface area contributed by atoms with Gasteiger partial charge < -0.3 is 5.32 Å². The number of hydrogen-bond donors (Lipinski definition) is 1. The van der Waals surface area contributed by atoms with Crippen molar-refractivity contribution in [2.24, 2.45) is 5.92 Å². The van der Waals surface area contributed by atoms with Gasteiger partial charge in [-0.15, -0.1) is 0 Å². The summed E-state index contributed by atoms with van der Waals surface area (Å²) in [6, 6.07) is 4.55.